The molecule has 1 aromatic carbocycles. The van der Waals surface area contributed by atoms with E-state index in [1.165, 1.54) is 0 Å². The van der Waals surface area contributed by atoms with Crippen molar-refractivity contribution in [1.29, 1.82) is 0 Å². The Morgan fingerprint density at radius 1 is 1.33 bits per heavy atom. The van der Waals surface area contributed by atoms with E-state index < -0.39 is 0 Å². The van der Waals surface area contributed by atoms with E-state index >= 15 is 0 Å². The van der Waals surface area contributed by atoms with Crippen molar-refractivity contribution in [3.05, 3.63) is 42.2 Å². The lowest BCUT2D eigenvalue weighted by Crippen LogP contribution is -2.06. The van der Waals surface area contributed by atoms with Gasteiger partial charge in [0.2, 0.25) is 0 Å². The third-order valence-electron chi connectivity index (χ3n) is 2.05. The molecule has 0 aliphatic heterocycles. The Morgan fingerprint density at radius 2 is 2.07 bits per heavy atom. The van der Waals surface area contributed by atoms with Crippen molar-refractivity contribution >= 4 is 5.78 Å². The molecule has 4 nitrogen and oxygen atoms in total. The molecule has 0 fully saturated rings. The molecule has 2 aromatic rings. The van der Waals surface area contributed by atoms with E-state index in [-0.39, 0.29) is 5.78 Å². The zero-order valence-corrected chi connectivity index (χ0v) is 8.42. The van der Waals surface area contributed by atoms with Gasteiger partial charge < -0.3 is 0 Å². The van der Waals surface area contributed by atoms with Gasteiger partial charge in [-0.05, 0) is 19.1 Å². The van der Waals surface area contributed by atoms with Crippen LogP contribution in [0.3, 0.4) is 0 Å². The van der Waals surface area contributed by atoms with E-state index in [0.29, 0.717) is 6.42 Å². The van der Waals surface area contributed by atoms with Crippen LogP contribution in [-0.4, -0.2) is 20.8 Å². The number of hydrogen-bond acceptors (Lipinski definition) is 3. The molecule has 0 N–H and O–H groups in total. The van der Waals surface area contributed by atoms with E-state index in [0.717, 1.165) is 11.4 Å². The predicted octanol–water partition coefficient (Wildman–Crippen LogP) is 1.40. The summed E-state index contributed by atoms with van der Waals surface area (Å²) in [6.45, 7) is 1.56. The summed E-state index contributed by atoms with van der Waals surface area (Å²) < 4.78 is 1.68. The maximum absolute atomic E-state index is 11.0. The molecule has 0 radical (unpaired) electrons. The number of nitrogens with zero attached hydrogens (tertiary/aromatic N) is 3. The van der Waals surface area contributed by atoms with Gasteiger partial charge in [0.15, 0.2) is 0 Å². The highest BCUT2D eigenvalue weighted by Gasteiger charge is 2.07. The Morgan fingerprint density at radius 3 is 2.73 bits per heavy atom. The van der Waals surface area contributed by atoms with Crippen molar-refractivity contribution in [2.75, 3.05) is 0 Å². The standard InChI is InChI=1S/C11H11N3O/c1-9(15)7-11-8-12-13-14(11)10-5-3-2-4-6-10/h2-6,8H,7H2,1H3. The molecule has 76 valence electrons. The lowest BCUT2D eigenvalue weighted by atomic mass is 10.2. The number of Topliss-reactive ketones (excluding diaryl/α,β-unsaturated/α-hetero) is 1. The van der Waals surface area contributed by atoms with Crippen LogP contribution in [0.15, 0.2) is 36.5 Å². The molecule has 0 atom stereocenters. The second-order valence-electron chi connectivity index (χ2n) is 3.35. The van der Waals surface area contributed by atoms with E-state index in [4.69, 9.17) is 0 Å². The molecule has 4 heteroatoms. The first-order chi connectivity index (χ1) is 7.27. The minimum atomic E-state index is 0.106. The van der Waals surface area contributed by atoms with Crippen molar-refractivity contribution in [1.82, 2.24) is 15.0 Å². The molecule has 15 heavy (non-hydrogen) atoms. The van der Waals surface area contributed by atoms with E-state index in [2.05, 4.69) is 10.3 Å². The number of hydrogen-bond donors (Lipinski definition) is 0. The van der Waals surface area contributed by atoms with Gasteiger partial charge in [-0.1, -0.05) is 23.4 Å². The van der Waals surface area contributed by atoms with Crippen molar-refractivity contribution in [2.45, 2.75) is 13.3 Å². The number of ketones is 1. The molecule has 1 heterocycles. The number of rotatable bonds is 3. The van der Waals surface area contributed by atoms with Gasteiger partial charge in [-0.2, -0.15) is 0 Å². The third kappa shape index (κ3) is 2.10. The molecule has 0 aliphatic rings. The minimum Gasteiger partial charge on any atom is -0.300 e. The highest BCUT2D eigenvalue weighted by Crippen LogP contribution is 2.09. The van der Waals surface area contributed by atoms with Gasteiger partial charge in [0, 0.05) is 0 Å². The Bertz CT molecular complexity index is 462. The van der Waals surface area contributed by atoms with Gasteiger partial charge in [0.1, 0.15) is 5.78 Å². The molecular formula is C11H11N3O. The summed E-state index contributed by atoms with van der Waals surface area (Å²) in [6.07, 6.45) is 1.98. The second kappa shape index (κ2) is 4.04. The van der Waals surface area contributed by atoms with Crippen LogP contribution in [-0.2, 0) is 11.2 Å². The summed E-state index contributed by atoms with van der Waals surface area (Å²) in [6, 6.07) is 9.64. The van der Waals surface area contributed by atoms with E-state index in [1.807, 2.05) is 30.3 Å². The average molecular weight is 201 g/mol. The molecule has 0 spiro atoms. The highest BCUT2D eigenvalue weighted by atomic mass is 16.1. The quantitative estimate of drug-likeness (QED) is 0.754. The van der Waals surface area contributed by atoms with Crippen molar-refractivity contribution in [3.8, 4) is 5.69 Å². The first-order valence-corrected chi connectivity index (χ1v) is 4.72. The fourth-order valence-electron chi connectivity index (χ4n) is 1.42. The summed E-state index contributed by atoms with van der Waals surface area (Å²) in [5.41, 5.74) is 1.74. The fraction of sp³-hybridized carbons (Fsp3) is 0.182. The van der Waals surface area contributed by atoms with Gasteiger partial charge in [0.05, 0.1) is 24.0 Å². The number of benzene rings is 1. The largest absolute Gasteiger partial charge is 0.300 e. The molecule has 1 aromatic heterocycles. The third-order valence-corrected chi connectivity index (χ3v) is 2.05. The Labute approximate surface area is 87.5 Å². The zero-order valence-electron chi connectivity index (χ0n) is 8.42. The molecule has 0 unspecified atom stereocenters. The number of carbonyl (C=O) groups excluding carboxylic acids is 1. The zero-order chi connectivity index (χ0) is 10.7. The van der Waals surface area contributed by atoms with Crippen LogP contribution in [0.4, 0.5) is 0 Å². The molecule has 2 rings (SSSR count). The Balaban J connectivity index is 2.37. The van der Waals surface area contributed by atoms with Crippen LogP contribution < -0.4 is 0 Å². The highest BCUT2D eigenvalue weighted by molar-refractivity contribution is 5.77. The van der Waals surface area contributed by atoms with Crippen LogP contribution >= 0.6 is 0 Å². The summed E-state index contributed by atoms with van der Waals surface area (Å²) in [5, 5.41) is 7.77. The smallest absolute Gasteiger partial charge is 0.135 e. The average Bonchev–Trinajstić information content (AvgIpc) is 2.66. The molecular weight excluding hydrogens is 190 g/mol. The summed E-state index contributed by atoms with van der Waals surface area (Å²) in [7, 11) is 0. The molecule has 0 saturated carbocycles. The van der Waals surface area contributed by atoms with Crippen LogP contribution in [0.1, 0.15) is 12.6 Å². The monoisotopic (exact) mass is 201 g/mol. The van der Waals surface area contributed by atoms with Crippen molar-refractivity contribution in [3.63, 3.8) is 0 Å². The normalized spacial score (nSPS) is 10.2. The van der Waals surface area contributed by atoms with Gasteiger partial charge in [0.25, 0.3) is 0 Å². The maximum Gasteiger partial charge on any atom is 0.135 e. The molecule has 0 amide bonds. The van der Waals surface area contributed by atoms with Gasteiger partial charge in [-0.15, -0.1) is 5.10 Å². The SMILES string of the molecule is CC(=O)Cc1cnnn1-c1ccccc1. The Kier molecular flexibility index (Phi) is 2.58. The number of aromatic nitrogens is 3. The van der Waals surface area contributed by atoms with Crippen LogP contribution in [0, 0.1) is 0 Å². The maximum atomic E-state index is 11.0. The first-order valence-electron chi connectivity index (χ1n) is 4.72. The van der Waals surface area contributed by atoms with Gasteiger partial charge >= 0.3 is 0 Å². The lowest BCUT2D eigenvalue weighted by molar-refractivity contribution is -0.116. The van der Waals surface area contributed by atoms with Crippen LogP contribution in [0.2, 0.25) is 0 Å². The molecule has 0 aliphatic carbocycles. The summed E-state index contributed by atoms with van der Waals surface area (Å²) >= 11 is 0. The van der Waals surface area contributed by atoms with Crippen molar-refractivity contribution in [2.24, 2.45) is 0 Å². The lowest BCUT2D eigenvalue weighted by Gasteiger charge is -2.03. The first kappa shape index (κ1) is 9.58. The summed E-state index contributed by atoms with van der Waals surface area (Å²) in [4.78, 5) is 11.0. The number of carbonyl (C=O) groups is 1. The Hall–Kier alpha value is -1.97. The number of para-hydroxylation sites is 1. The van der Waals surface area contributed by atoms with E-state index in [9.17, 15) is 4.79 Å². The van der Waals surface area contributed by atoms with Crippen LogP contribution in [0.5, 0.6) is 0 Å². The fourth-order valence-corrected chi connectivity index (χ4v) is 1.42. The molecule has 0 saturated heterocycles. The van der Waals surface area contributed by atoms with Crippen molar-refractivity contribution < 1.29 is 4.79 Å². The van der Waals surface area contributed by atoms with Crippen LogP contribution in [0.25, 0.3) is 5.69 Å². The minimum absolute atomic E-state index is 0.106. The van der Waals surface area contributed by atoms with Gasteiger partial charge in [-0.25, -0.2) is 4.68 Å². The summed E-state index contributed by atoms with van der Waals surface area (Å²) in [5.74, 6) is 0.106. The molecule has 0 bridgehead atoms. The van der Waals surface area contributed by atoms with Gasteiger partial charge in [-0.3, -0.25) is 4.79 Å². The second-order valence-corrected chi connectivity index (χ2v) is 3.35. The van der Waals surface area contributed by atoms with E-state index in [1.54, 1.807) is 17.8 Å². The topological polar surface area (TPSA) is 47.8 Å². The predicted molar refractivity (Wildman–Crippen MR) is 55.7 cm³/mol.